The summed E-state index contributed by atoms with van der Waals surface area (Å²) in [6, 6.07) is 11.1. The number of hydrogen-bond acceptors (Lipinski definition) is 5. The lowest BCUT2D eigenvalue weighted by Crippen LogP contribution is -2.27. The summed E-state index contributed by atoms with van der Waals surface area (Å²) in [7, 11) is -3.46. The standard InChI is InChI=1S/C18H17N3O5S/c22-18(23)17-15-11-13(5-8-16(15)19-20-17)26-12-3-6-14(7-4-12)27(24,25)21-9-1-2-10-21/h3-8,11H,1-2,9-10H2,(H,19,20)(H,22,23). The van der Waals surface area contributed by atoms with E-state index in [-0.39, 0.29) is 10.6 Å². The Morgan fingerprint density at radius 2 is 1.74 bits per heavy atom. The summed E-state index contributed by atoms with van der Waals surface area (Å²) in [5.74, 6) is -0.244. The van der Waals surface area contributed by atoms with Gasteiger partial charge in [-0.1, -0.05) is 0 Å². The molecule has 2 aromatic carbocycles. The van der Waals surface area contributed by atoms with E-state index in [0.717, 1.165) is 12.8 Å². The predicted molar refractivity (Wildman–Crippen MR) is 97.6 cm³/mol. The molecule has 0 unspecified atom stereocenters. The highest BCUT2D eigenvalue weighted by Gasteiger charge is 2.27. The molecule has 4 rings (SSSR count). The van der Waals surface area contributed by atoms with Gasteiger partial charge >= 0.3 is 5.97 Å². The van der Waals surface area contributed by atoms with E-state index >= 15 is 0 Å². The Balaban J connectivity index is 1.57. The molecule has 2 heterocycles. The van der Waals surface area contributed by atoms with Gasteiger partial charge in [-0.3, -0.25) is 5.10 Å². The number of sulfonamides is 1. The van der Waals surface area contributed by atoms with E-state index in [1.165, 1.54) is 16.4 Å². The zero-order chi connectivity index (χ0) is 19.0. The van der Waals surface area contributed by atoms with Crippen LogP contribution in [0.15, 0.2) is 47.4 Å². The molecule has 1 aromatic heterocycles. The first kappa shape index (κ1) is 17.5. The number of benzene rings is 2. The van der Waals surface area contributed by atoms with Crippen LogP contribution in [0.3, 0.4) is 0 Å². The quantitative estimate of drug-likeness (QED) is 0.696. The van der Waals surface area contributed by atoms with Crippen LogP contribution in [-0.4, -0.2) is 47.1 Å². The number of aromatic carboxylic acids is 1. The van der Waals surface area contributed by atoms with E-state index < -0.39 is 16.0 Å². The number of nitrogens with one attached hydrogen (secondary N) is 1. The molecule has 0 amide bonds. The Morgan fingerprint density at radius 1 is 1.07 bits per heavy atom. The van der Waals surface area contributed by atoms with E-state index in [1.54, 1.807) is 30.3 Å². The lowest BCUT2D eigenvalue weighted by molar-refractivity contribution is 0.0692. The second-order valence-electron chi connectivity index (χ2n) is 6.27. The zero-order valence-corrected chi connectivity index (χ0v) is 15.1. The molecule has 1 aliphatic heterocycles. The van der Waals surface area contributed by atoms with Crippen LogP contribution >= 0.6 is 0 Å². The maximum absolute atomic E-state index is 12.5. The minimum absolute atomic E-state index is 0.0810. The summed E-state index contributed by atoms with van der Waals surface area (Å²) in [4.78, 5) is 11.4. The third-order valence-electron chi connectivity index (χ3n) is 4.50. The van der Waals surface area contributed by atoms with Gasteiger partial charge < -0.3 is 9.84 Å². The van der Waals surface area contributed by atoms with Gasteiger partial charge in [-0.25, -0.2) is 13.2 Å². The number of carboxylic acids is 1. The van der Waals surface area contributed by atoms with Crippen molar-refractivity contribution in [3.63, 3.8) is 0 Å². The smallest absolute Gasteiger partial charge is 0.357 e. The molecular weight excluding hydrogens is 370 g/mol. The molecule has 2 N–H and O–H groups in total. The van der Waals surface area contributed by atoms with Gasteiger partial charge in [-0.2, -0.15) is 9.40 Å². The summed E-state index contributed by atoms with van der Waals surface area (Å²) >= 11 is 0. The van der Waals surface area contributed by atoms with Crippen LogP contribution in [0.5, 0.6) is 11.5 Å². The van der Waals surface area contributed by atoms with Crippen LogP contribution in [0.4, 0.5) is 0 Å². The highest BCUT2D eigenvalue weighted by atomic mass is 32.2. The van der Waals surface area contributed by atoms with Gasteiger partial charge in [-0.15, -0.1) is 0 Å². The highest BCUT2D eigenvalue weighted by molar-refractivity contribution is 7.89. The molecule has 9 heteroatoms. The van der Waals surface area contributed by atoms with Crippen molar-refractivity contribution in [3.05, 3.63) is 48.2 Å². The number of hydrogen-bond donors (Lipinski definition) is 2. The van der Waals surface area contributed by atoms with Crippen LogP contribution in [0, 0.1) is 0 Å². The van der Waals surface area contributed by atoms with Crippen LogP contribution in [-0.2, 0) is 10.0 Å². The zero-order valence-electron chi connectivity index (χ0n) is 14.3. The predicted octanol–water partition coefficient (Wildman–Crippen LogP) is 2.84. The van der Waals surface area contributed by atoms with Crippen molar-refractivity contribution in [2.24, 2.45) is 0 Å². The van der Waals surface area contributed by atoms with E-state index in [9.17, 15) is 13.2 Å². The molecule has 0 bridgehead atoms. The Labute approximate surface area is 155 Å². The number of carbonyl (C=O) groups is 1. The maximum atomic E-state index is 12.5. The van der Waals surface area contributed by atoms with E-state index in [4.69, 9.17) is 9.84 Å². The van der Waals surface area contributed by atoms with Gasteiger partial charge in [0.15, 0.2) is 5.69 Å². The van der Waals surface area contributed by atoms with Crippen molar-refractivity contribution >= 4 is 26.9 Å². The summed E-state index contributed by atoms with van der Waals surface area (Å²) in [5.41, 5.74) is 0.509. The lowest BCUT2D eigenvalue weighted by Gasteiger charge is -2.15. The summed E-state index contributed by atoms with van der Waals surface area (Å²) in [6.07, 6.45) is 1.77. The highest BCUT2D eigenvalue weighted by Crippen LogP contribution is 2.28. The fourth-order valence-electron chi connectivity index (χ4n) is 3.11. The minimum atomic E-state index is -3.46. The maximum Gasteiger partial charge on any atom is 0.357 e. The van der Waals surface area contributed by atoms with Crippen LogP contribution < -0.4 is 4.74 Å². The molecule has 8 nitrogen and oxygen atoms in total. The molecule has 140 valence electrons. The van der Waals surface area contributed by atoms with Gasteiger partial charge in [0.25, 0.3) is 0 Å². The third kappa shape index (κ3) is 3.26. The number of carboxylic acid groups (broad SMARTS) is 1. The number of ether oxygens (including phenoxy) is 1. The summed E-state index contributed by atoms with van der Waals surface area (Å²) < 4.78 is 32.3. The van der Waals surface area contributed by atoms with Crippen molar-refractivity contribution in [1.29, 1.82) is 0 Å². The molecule has 3 aromatic rings. The number of fused-ring (bicyclic) bond motifs is 1. The monoisotopic (exact) mass is 387 g/mol. The Hall–Kier alpha value is -2.91. The molecule has 1 fully saturated rings. The van der Waals surface area contributed by atoms with Crippen molar-refractivity contribution in [2.75, 3.05) is 13.1 Å². The number of aromatic amines is 1. The molecule has 0 radical (unpaired) electrons. The topological polar surface area (TPSA) is 113 Å². The van der Waals surface area contributed by atoms with Crippen molar-refractivity contribution < 1.29 is 23.1 Å². The molecule has 0 saturated carbocycles. The minimum Gasteiger partial charge on any atom is -0.476 e. The second-order valence-corrected chi connectivity index (χ2v) is 8.21. The van der Waals surface area contributed by atoms with Crippen molar-refractivity contribution in [2.45, 2.75) is 17.7 Å². The van der Waals surface area contributed by atoms with Gasteiger partial charge in [0.1, 0.15) is 11.5 Å². The van der Waals surface area contributed by atoms with Crippen molar-refractivity contribution in [3.8, 4) is 11.5 Å². The van der Waals surface area contributed by atoms with Gasteiger partial charge in [-0.05, 0) is 55.3 Å². The first-order chi connectivity index (χ1) is 12.9. The number of nitrogens with zero attached hydrogens (tertiary/aromatic N) is 2. The fraction of sp³-hybridized carbons (Fsp3) is 0.222. The number of aromatic nitrogens is 2. The molecule has 0 spiro atoms. The normalized spacial score (nSPS) is 15.3. The molecule has 0 atom stereocenters. The number of H-pyrrole nitrogens is 1. The molecule has 27 heavy (non-hydrogen) atoms. The van der Waals surface area contributed by atoms with Crippen molar-refractivity contribution in [1.82, 2.24) is 14.5 Å². The lowest BCUT2D eigenvalue weighted by atomic mass is 10.2. The van der Waals surface area contributed by atoms with Gasteiger partial charge in [0.05, 0.1) is 10.4 Å². The first-order valence-corrected chi connectivity index (χ1v) is 9.89. The molecule has 0 aliphatic carbocycles. The Morgan fingerprint density at radius 3 is 2.41 bits per heavy atom. The Kier molecular flexibility index (Phi) is 4.33. The van der Waals surface area contributed by atoms with Crippen LogP contribution in [0.25, 0.3) is 10.9 Å². The summed E-state index contributed by atoms with van der Waals surface area (Å²) in [6.45, 7) is 1.11. The van der Waals surface area contributed by atoms with E-state index in [2.05, 4.69) is 10.2 Å². The van der Waals surface area contributed by atoms with E-state index in [1.807, 2.05) is 0 Å². The third-order valence-corrected chi connectivity index (χ3v) is 6.41. The Bertz CT molecular complexity index is 1100. The average Bonchev–Trinajstić information content (AvgIpc) is 3.32. The molecular formula is C18H17N3O5S. The van der Waals surface area contributed by atoms with Crippen LogP contribution in [0.1, 0.15) is 23.3 Å². The second kappa shape index (κ2) is 6.67. The van der Waals surface area contributed by atoms with Gasteiger partial charge in [0.2, 0.25) is 10.0 Å². The largest absolute Gasteiger partial charge is 0.476 e. The SMILES string of the molecule is O=C(O)c1n[nH]c2ccc(Oc3ccc(S(=O)(=O)N4CCCC4)cc3)cc12. The summed E-state index contributed by atoms with van der Waals surface area (Å²) in [5, 5.41) is 16.0. The fourth-order valence-corrected chi connectivity index (χ4v) is 4.63. The van der Waals surface area contributed by atoms with E-state index in [0.29, 0.717) is 35.5 Å². The van der Waals surface area contributed by atoms with Crippen LogP contribution in [0.2, 0.25) is 0 Å². The molecule has 1 aliphatic rings. The van der Waals surface area contributed by atoms with Gasteiger partial charge in [0, 0.05) is 18.5 Å². The first-order valence-electron chi connectivity index (χ1n) is 8.45. The average molecular weight is 387 g/mol. The number of rotatable bonds is 5. The molecule has 1 saturated heterocycles.